The quantitative estimate of drug-likeness (QED) is 0.143. The molecule has 4 aromatic carbocycles. The van der Waals surface area contributed by atoms with Gasteiger partial charge in [0.25, 0.3) is 0 Å². The van der Waals surface area contributed by atoms with Crippen LogP contribution in [0.3, 0.4) is 0 Å². The van der Waals surface area contributed by atoms with Crippen LogP contribution in [0.4, 0.5) is 0 Å². The number of ether oxygens (including phenoxy) is 1. The summed E-state index contributed by atoms with van der Waals surface area (Å²) in [6, 6.07) is 37.6. The molecular formula is C36H33N3O. The van der Waals surface area contributed by atoms with Crippen molar-refractivity contribution in [2.24, 2.45) is 0 Å². The van der Waals surface area contributed by atoms with Crippen LogP contribution in [-0.4, -0.2) is 22.1 Å². The Morgan fingerprint density at radius 3 is 1.48 bits per heavy atom. The molecule has 5 aromatic rings. The standard InChI is InChI=1S/C36H33N3O/c1-4-27(17-11-12-26(2)40-3)34-37-35(32-22-18-30(19-23-32)28-13-7-5-8-14-28)39-36(38-34)33-24-20-31(21-25-33)29-15-9-6-10-16-29/h5-25,27H,4H2,1-3H3/b17-11-,26-12+. The van der Waals surface area contributed by atoms with Crippen LogP contribution in [0.25, 0.3) is 45.0 Å². The summed E-state index contributed by atoms with van der Waals surface area (Å²) in [5.74, 6) is 2.97. The molecule has 1 heterocycles. The SMILES string of the molecule is CCC(/C=C\C=C(/C)OC)c1nc(-c2ccc(-c3ccccc3)cc2)nc(-c2ccc(-c3ccccc3)cc2)n1. The average Bonchev–Trinajstić information content (AvgIpc) is 3.03. The lowest BCUT2D eigenvalue weighted by molar-refractivity contribution is 0.294. The van der Waals surface area contributed by atoms with Crippen molar-refractivity contribution in [2.45, 2.75) is 26.2 Å². The number of hydrogen-bond donors (Lipinski definition) is 0. The summed E-state index contributed by atoms with van der Waals surface area (Å²) in [7, 11) is 1.67. The number of allylic oxidation sites excluding steroid dienone is 4. The third-order valence-corrected chi connectivity index (χ3v) is 6.92. The Kier molecular flexibility index (Phi) is 8.57. The number of methoxy groups -OCH3 is 1. The summed E-state index contributed by atoms with van der Waals surface area (Å²) in [5, 5.41) is 0. The number of hydrogen-bond acceptors (Lipinski definition) is 4. The van der Waals surface area contributed by atoms with E-state index in [-0.39, 0.29) is 5.92 Å². The van der Waals surface area contributed by atoms with Gasteiger partial charge in [0, 0.05) is 17.0 Å². The lowest BCUT2D eigenvalue weighted by Gasteiger charge is -2.13. The fourth-order valence-corrected chi connectivity index (χ4v) is 4.50. The molecule has 0 saturated heterocycles. The van der Waals surface area contributed by atoms with Gasteiger partial charge in [-0.2, -0.15) is 0 Å². The summed E-state index contributed by atoms with van der Waals surface area (Å²) in [5.41, 5.74) is 6.59. The zero-order chi connectivity index (χ0) is 27.7. The first-order valence-electron chi connectivity index (χ1n) is 13.6. The fourth-order valence-electron chi connectivity index (χ4n) is 4.50. The summed E-state index contributed by atoms with van der Waals surface area (Å²) in [6.45, 7) is 4.08. The topological polar surface area (TPSA) is 47.9 Å². The first kappa shape index (κ1) is 26.8. The van der Waals surface area contributed by atoms with E-state index in [4.69, 9.17) is 19.7 Å². The summed E-state index contributed by atoms with van der Waals surface area (Å²) in [4.78, 5) is 14.9. The molecule has 1 atom stereocenters. The third-order valence-electron chi connectivity index (χ3n) is 6.92. The minimum Gasteiger partial charge on any atom is -0.501 e. The van der Waals surface area contributed by atoms with Crippen molar-refractivity contribution in [1.29, 1.82) is 0 Å². The minimum absolute atomic E-state index is 0.0357. The molecule has 0 N–H and O–H groups in total. The predicted octanol–water partition coefficient (Wildman–Crippen LogP) is 9.14. The second kappa shape index (κ2) is 12.8. The first-order chi connectivity index (χ1) is 19.6. The molecule has 4 heteroatoms. The lowest BCUT2D eigenvalue weighted by Crippen LogP contribution is -2.07. The van der Waals surface area contributed by atoms with Gasteiger partial charge in [0.05, 0.1) is 12.9 Å². The van der Waals surface area contributed by atoms with Crippen molar-refractivity contribution in [3.05, 3.63) is 139 Å². The van der Waals surface area contributed by atoms with E-state index in [0.717, 1.165) is 40.3 Å². The monoisotopic (exact) mass is 523 g/mol. The molecular weight excluding hydrogens is 490 g/mol. The molecule has 5 rings (SSSR count). The maximum atomic E-state index is 5.28. The Balaban J connectivity index is 1.54. The van der Waals surface area contributed by atoms with Gasteiger partial charge in [-0.15, -0.1) is 0 Å². The maximum Gasteiger partial charge on any atom is 0.163 e. The molecule has 0 aliphatic heterocycles. The predicted molar refractivity (Wildman–Crippen MR) is 165 cm³/mol. The van der Waals surface area contributed by atoms with Gasteiger partial charge in [0.1, 0.15) is 5.82 Å². The molecule has 0 amide bonds. The highest BCUT2D eigenvalue weighted by Crippen LogP contribution is 2.28. The molecule has 1 unspecified atom stereocenters. The maximum absolute atomic E-state index is 5.28. The molecule has 0 radical (unpaired) electrons. The zero-order valence-corrected chi connectivity index (χ0v) is 23.2. The molecule has 0 bridgehead atoms. The van der Waals surface area contributed by atoms with E-state index >= 15 is 0 Å². The van der Waals surface area contributed by atoms with E-state index in [0.29, 0.717) is 11.6 Å². The molecule has 0 aliphatic carbocycles. The molecule has 0 aliphatic rings. The molecule has 1 aromatic heterocycles. The number of aromatic nitrogens is 3. The highest BCUT2D eigenvalue weighted by atomic mass is 16.5. The van der Waals surface area contributed by atoms with E-state index in [1.54, 1.807) is 7.11 Å². The summed E-state index contributed by atoms with van der Waals surface area (Å²) < 4.78 is 5.28. The number of nitrogens with zero attached hydrogens (tertiary/aromatic N) is 3. The van der Waals surface area contributed by atoms with Crippen LogP contribution < -0.4 is 0 Å². The highest BCUT2D eigenvalue weighted by molar-refractivity contribution is 5.70. The first-order valence-corrected chi connectivity index (χ1v) is 13.6. The molecule has 40 heavy (non-hydrogen) atoms. The Morgan fingerprint density at radius 2 is 1.05 bits per heavy atom. The van der Waals surface area contributed by atoms with Gasteiger partial charge in [-0.05, 0) is 41.7 Å². The van der Waals surface area contributed by atoms with Gasteiger partial charge in [-0.3, -0.25) is 0 Å². The van der Waals surface area contributed by atoms with Gasteiger partial charge in [0.15, 0.2) is 11.6 Å². The lowest BCUT2D eigenvalue weighted by atomic mass is 10.0. The van der Waals surface area contributed by atoms with Gasteiger partial charge in [-0.25, -0.2) is 15.0 Å². The third kappa shape index (κ3) is 6.41. The van der Waals surface area contributed by atoms with E-state index in [1.807, 2.05) is 31.2 Å². The number of benzene rings is 4. The van der Waals surface area contributed by atoms with E-state index in [2.05, 4.69) is 110 Å². The normalized spacial score (nSPS) is 12.4. The van der Waals surface area contributed by atoms with Gasteiger partial charge in [-0.1, -0.05) is 128 Å². The Bertz CT molecular complexity index is 1490. The van der Waals surface area contributed by atoms with Crippen LogP contribution in [-0.2, 0) is 4.74 Å². The summed E-state index contributed by atoms with van der Waals surface area (Å²) in [6.07, 6.45) is 6.96. The van der Waals surface area contributed by atoms with Crippen molar-refractivity contribution >= 4 is 0 Å². The van der Waals surface area contributed by atoms with Crippen LogP contribution in [0.1, 0.15) is 32.0 Å². The van der Waals surface area contributed by atoms with Crippen molar-refractivity contribution < 1.29 is 4.74 Å². The van der Waals surface area contributed by atoms with E-state index in [1.165, 1.54) is 11.1 Å². The Hall–Kier alpha value is -4.83. The molecule has 0 saturated carbocycles. The Morgan fingerprint density at radius 1 is 0.625 bits per heavy atom. The van der Waals surface area contributed by atoms with E-state index < -0.39 is 0 Å². The molecule has 198 valence electrons. The molecule has 4 nitrogen and oxygen atoms in total. The minimum atomic E-state index is 0.0357. The summed E-state index contributed by atoms with van der Waals surface area (Å²) >= 11 is 0. The van der Waals surface area contributed by atoms with Gasteiger partial charge in [0.2, 0.25) is 0 Å². The second-order valence-corrected chi connectivity index (χ2v) is 9.61. The molecule has 0 spiro atoms. The zero-order valence-electron chi connectivity index (χ0n) is 23.2. The second-order valence-electron chi connectivity index (χ2n) is 9.61. The van der Waals surface area contributed by atoms with Crippen LogP contribution in [0, 0.1) is 0 Å². The van der Waals surface area contributed by atoms with Crippen LogP contribution in [0.5, 0.6) is 0 Å². The van der Waals surface area contributed by atoms with Crippen molar-refractivity contribution in [1.82, 2.24) is 15.0 Å². The Labute approximate surface area is 236 Å². The van der Waals surface area contributed by atoms with Gasteiger partial charge < -0.3 is 4.74 Å². The van der Waals surface area contributed by atoms with Crippen molar-refractivity contribution in [2.75, 3.05) is 7.11 Å². The smallest absolute Gasteiger partial charge is 0.163 e. The fraction of sp³-hybridized carbons (Fsp3) is 0.139. The van der Waals surface area contributed by atoms with Crippen LogP contribution in [0.15, 0.2) is 133 Å². The highest BCUT2D eigenvalue weighted by Gasteiger charge is 2.16. The van der Waals surface area contributed by atoms with Crippen molar-refractivity contribution in [3.63, 3.8) is 0 Å². The average molecular weight is 524 g/mol. The molecule has 0 fully saturated rings. The number of rotatable bonds is 9. The van der Waals surface area contributed by atoms with Crippen LogP contribution >= 0.6 is 0 Å². The van der Waals surface area contributed by atoms with Crippen molar-refractivity contribution in [3.8, 4) is 45.0 Å². The van der Waals surface area contributed by atoms with Gasteiger partial charge >= 0.3 is 0 Å². The largest absolute Gasteiger partial charge is 0.501 e. The van der Waals surface area contributed by atoms with E-state index in [9.17, 15) is 0 Å². The van der Waals surface area contributed by atoms with Crippen LogP contribution in [0.2, 0.25) is 0 Å².